The molecule has 0 radical (unpaired) electrons. The van der Waals surface area contributed by atoms with E-state index in [0.717, 1.165) is 11.7 Å². The van der Waals surface area contributed by atoms with Crippen molar-refractivity contribution >= 4 is 22.4 Å². The molecule has 2 heterocycles. The molecule has 1 atom stereocenters. The van der Waals surface area contributed by atoms with E-state index in [1.165, 1.54) is 24.2 Å². The number of esters is 1. The van der Waals surface area contributed by atoms with Gasteiger partial charge < -0.3 is 9.64 Å². The first-order valence-electron chi connectivity index (χ1n) is 6.52. The summed E-state index contributed by atoms with van der Waals surface area (Å²) in [6.45, 7) is 7.72. The van der Waals surface area contributed by atoms with Crippen molar-refractivity contribution in [2.24, 2.45) is 5.92 Å². The quantitative estimate of drug-likeness (QED) is 0.787. The Morgan fingerprint density at radius 2 is 2.44 bits per heavy atom. The van der Waals surface area contributed by atoms with Gasteiger partial charge in [-0.3, -0.25) is 0 Å². The first-order valence-corrected chi connectivity index (χ1v) is 7.40. The van der Waals surface area contributed by atoms with Gasteiger partial charge in [0, 0.05) is 18.0 Å². The van der Waals surface area contributed by atoms with Crippen molar-refractivity contribution in [1.29, 1.82) is 0 Å². The molecular weight excluding hydrogens is 248 g/mol. The van der Waals surface area contributed by atoms with Crippen LogP contribution < -0.4 is 4.90 Å². The molecule has 5 heteroatoms. The highest BCUT2D eigenvalue weighted by atomic mass is 32.1. The van der Waals surface area contributed by atoms with Gasteiger partial charge in [0.15, 0.2) is 10.8 Å². The van der Waals surface area contributed by atoms with Gasteiger partial charge in [-0.2, -0.15) is 0 Å². The molecule has 0 saturated carbocycles. The highest BCUT2D eigenvalue weighted by Gasteiger charge is 2.29. The number of aromatic nitrogens is 1. The lowest BCUT2D eigenvalue weighted by atomic mass is 10.0. The van der Waals surface area contributed by atoms with Gasteiger partial charge in [0.1, 0.15) is 0 Å². The van der Waals surface area contributed by atoms with Gasteiger partial charge in [0.2, 0.25) is 0 Å². The SMILES string of the molecule is CCOC(=O)c1csc(N2CCCC2C(C)C)n1. The molecule has 1 aliphatic heterocycles. The Morgan fingerprint density at radius 3 is 3.11 bits per heavy atom. The first kappa shape index (κ1) is 13.3. The second kappa shape index (κ2) is 5.69. The number of rotatable bonds is 4. The topological polar surface area (TPSA) is 42.4 Å². The summed E-state index contributed by atoms with van der Waals surface area (Å²) in [5, 5.41) is 2.75. The van der Waals surface area contributed by atoms with E-state index in [1.807, 2.05) is 0 Å². The van der Waals surface area contributed by atoms with Crippen LogP contribution in [-0.2, 0) is 4.74 Å². The lowest BCUT2D eigenvalue weighted by Gasteiger charge is -2.26. The summed E-state index contributed by atoms with van der Waals surface area (Å²) in [6.07, 6.45) is 2.42. The Labute approximate surface area is 112 Å². The third-order valence-electron chi connectivity index (χ3n) is 3.29. The Morgan fingerprint density at radius 1 is 1.67 bits per heavy atom. The fraction of sp³-hybridized carbons (Fsp3) is 0.692. The summed E-state index contributed by atoms with van der Waals surface area (Å²) in [5.74, 6) is 0.294. The van der Waals surface area contributed by atoms with Crippen LogP contribution in [-0.4, -0.2) is 30.1 Å². The summed E-state index contributed by atoms with van der Waals surface area (Å²) < 4.78 is 4.96. The van der Waals surface area contributed by atoms with Crippen molar-refractivity contribution in [1.82, 2.24) is 4.98 Å². The Hall–Kier alpha value is -1.10. The van der Waals surface area contributed by atoms with Gasteiger partial charge in [-0.15, -0.1) is 11.3 Å². The van der Waals surface area contributed by atoms with Gasteiger partial charge in [0.05, 0.1) is 6.61 Å². The summed E-state index contributed by atoms with van der Waals surface area (Å²) >= 11 is 1.54. The summed E-state index contributed by atoms with van der Waals surface area (Å²) in [7, 11) is 0. The number of ether oxygens (including phenoxy) is 1. The van der Waals surface area contributed by atoms with Crippen LogP contribution >= 0.6 is 11.3 Å². The maximum Gasteiger partial charge on any atom is 0.357 e. The van der Waals surface area contributed by atoms with Crippen LogP contribution in [0.5, 0.6) is 0 Å². The molecule has 1 unspecified atom stereocenters. The van der Waals surface area contributed by atoms with Crippen LogP contribution in [0.3, 0.4) is 0 Å². The van der Waals surface area contributed by atoms with Crippen LogP contribution in [0.2, 0.25) is 0 Å². The number of nitrogens with zero attached hydrogens (tertiary/aromatic N) is 2. The predicted molar refractivity (Wildman–Crippen MR) is 73.3 cm³/mol. The van der Waals surface area contributed by atoms with E-state index in [9.17, 15) is 4.79 Å². The van der Waals surface area contributed by atoms with Crippen LogP contribution in [0.4, 0.5) is 5.13 Å². The number of hydrogen-bond acceptors (Lipinski definition) is 5. The number of thiazole rings is 1. The number of carbonyl (C=O) groups excluding carboxylic acids is 1. The third kappa shape index (κ3) is 2.66. The van der Waals surface area contributed by atoms with Crippen LogP contribution in [0.1, 0.15) is 44.1 Å². The van der Waals surface area contributed by atoms with Crippen molar-refractivity contribution in [3.8, 4) is 0 Å². The second-order valence-electron chi connectivity index (χ2n) is 4.88. The molecule has 1 saturated heterocycles. The van der Waals surface area contributed by atoms with Crippen LogP contribution in [0, 0.1) is 5.92 Å². The normalized spacial score (nSPS) is 19.6. The second-order valence-corrected chi connectivity index (χ2v) is 5.72. The molecule has 0 aliphatic carbocycles. The molecule has 100 valence electrons. The zero-order valence-electron chi connectivity index (χ0n) is 11.2. The van der Waals surface area contributed by atoms with Gasteiger partial charge in [-0.05, 0) is 25.7 Å². The molecule has 0 amide bonds. The van der Waals surface area contributed by atoms with E-state index >= 15 is 0 Å². The van der Waals surface area contributed by atoms with E-state index < -0.39 is 0 Å². The van der Waals surface area contributed by atoms with E-state index in [2.05, 4.69) is 23.7 Å². The molecule has 2 rings (SSSR count). The van der Waals surface area contributed by atoms with Crippen LogP contribution in [0.25, 0.3) is 0 Å². The van der Waals surface area contributed by atoms with Crippen molar-refractivity contribution in [2.75, 3.05) is 18.1 Å². The van der Waals surface area contributed by atoms with E-state index in [1.54, 1.807) is 12.3 Å². The monoisotopic (exact) mass is 268 g/mol. The largest absolute Gasteiger partial charge is 0.461 e. The molecule has 4 nitrogen and oxygen atoms in total. The van der Waals surface area contributed by atoms with Crippen molar-refractivity contribution in [2.45, 2.75) is 39.7 Å². The smallest absolute Gasteiger partial charge is 0.357 e. The minimum atomic E-state index is -0.319. The van der Waals surface area contributed by atoms with Gasteiger partial charge in [0.25, 0.3) is 0 Å². The number of carbonyl (C=O) groups is 1. The lowest BCUT2D eigenvalue weighted by Crippen LogP contribution is -2.33. The third-order valence-corrected chi connectivity index (χ3v) is 4.17. The van der Waals surface area contributed by atoms with Crippen molar-refractivity contribution < 1.29 is 9.53 Å². The van der Waals surface area contributed by atoms with E-state index in [4.69, 9.17) is 4.74 Å². The fourth-order valence-electron chi connectivity index (χ4n) is 2.42. The Bertz CT molecular complexity index is 417. The molecule has 0 spiro atoms. The Kier molecular flexibility index (Phi) is 4.22. The van der Waals surface area contributed by atoms with Crippen LogP contribution in [0.15, 0.2) is 5.38 Å². The fourth-order valence-corrected chi connectivity index (χ4v) is 3.30. The standard InChI is InChI=1S/C13H20N2O2S/c1-4-17-12(16)10-8-18-13(14-10)15-7-5-6-11(15)9(2)3/h8-9,11H,4-7H2,1-3H3. The highest BCUT2D eigenvalue weighted by Crippen LogP contribution is 2.31. The maximum atomic E-state index is 11.6. The average Bonchev–Trinajstić information content (AvgIpc) is 2.98. The molecule has 1 fully saturated rings. The minimum absolute atomic E-state index is 0.319. The van der Waals surface area contributed by atoms with Gasteiger partial charge in [-0.1, -0.05) is 13.8 Å². The average molecular weight is 268 g/mol. The maximum absolute atomic E-state index is 11.6. The summed E-state index contributed by atoms with van der Waals surface area (Å²) in [6, 6.07) is 0.547. The number of hydrogen-bond donors (Lipinski definition) is 0. The molecule has 1 aromatic heterocycles. The summed E-state index contributed by atoms with van der Waals surface area (Å²) in [4.78, 5) is 18.3. The zero-order valence-corrected chi connectivity index (χ0v) is 12.0. The van der Waals surface area contributed by atoms with E-state index in [0.29, 0.717) is 24.3 Å². The first-order chi connectivity index (χ1) is 8.63. The predicted octanol–water partition coefficient (Wildman–Crippen LogP) is 2.94. The van der Waals surface area contributed by atoms with E-state index in [-0.39, 0.29) is 5.97 Å². The van der Waals surface area contributed by atoms with Crippen molar-refractivity contribution in [3.05, 3.63) is 11.1 Å². The van der Waals surface area contributed by atoms with Crippen molar-refractivity contribution in [3.63, 3.8) is 0 Å². The summed E-state index contributed by atoms with van der Waals surface area (Å²) in [5.41, 5.74) is 0.436. The minimum Gasteiger partial charge on any atom is -0.461 e. The molecular formula is C13H20N2O2S. The zero-order chi connectivity index (χ0) is 13.1. The molecule has 1 aliphatic rings. The molecule has 0 aromatic carbocycles. The number of anilines is 1. The Balaban J connectivity index is 2.12. The lowest BCUT2D eigenvalue weighted by molar-refractivity contribution is 0.0520. The molecule has 18 heavy (non-hydrogen) atoms. The molecule has 0 N–H and O–H groups in total. The highest BCUT2D eigenvalue weighted by molar-refractivity contribution is 7.13. The van der Waals surface area contributed by atoms with Gasteiger partial charge >= 0.3 is 5.97 Å². The molecule has 1 aromatic rings. The molecule has 0 bridgehead atoms. The van der Waals surface area contributed by atoms with Gasteiger partial charge in [-0.25, -0.2) is 9.78 Å².